The lowest BCUT2D eigenvalue weighted by Gasteiger charge is -2.25. The van der Waals surface area contributed by atoms with Crippen molar-refractivity contribution in [2.75, 3.05) is 6.54 Å². The van der Waals surface area contributed by atoms with Crippen LogP contribution >= 0.6 is 0 Å². The summed E-state index contributed by atoms with van der Waals surface area (Å²) in [4.78, 5) is 14.4. The molecule has 4 aromatic rings. The number of hydrogen-bond acceptors (Lipinski definition) is 5. The van der Waals surface area contributed by atoms with Gasteiger partial charge in [0.25, 0.3) is 0 Å². The summed E-state index contributed by atoms with van der Waals surface area (Å²) < 4.78 is 8.04. The fourth-order valence-corrected chi connectivity index (χ4v) is 5.42. The van der Waals surface area contributed by atoms with E-state index < -0.39 is 5.97 Å². The topological polar surface area (TPSA) is 80.5 Å². The van der Waals surface area contributed by atoms with Crippen LogP contribution in [0, 0.1) is 13.8 Å². The van der Waals surface area contributed by atoms with Crippen LogP contribution in [-0.4, -0.2) is 43.6 Å². The molecule has 1 aromatic heterocycles. The van der Waals surface area contributed by atoms with E-state index in [2.05, 4.69) is 65.5 Å². The first-order valence-corrected chi connectivity index (χ1v) is 12.9. The second kappa shape index (κ2) is 10.3. The number of aromatic nitrogens is 3. The molecule has 7 heteroatoms. The van der Waals surface area contributed by atoms with Gasteiger partial charge < -0.3 is 9.84 Å². The third-order valence-electron chi connectivity index (χ3n) is 7.58. The number of hydrogen-bond donors (Lipinski definition) is 1. The van der Waals surface area contributed by atoms with Crippen molar-refractivity contribution in [3.63, 3.8) is 0 Å². The van der Waals surface area contributed by atoms with Crippen molar-refractivity contribution < 1.29 is 14.6 Å². The first-order chi connectivity index (χ1) is 17.8. The van der Waals surface area contributed by atoms with Crippen LogP contribution in [0.3, 0.4) is 0 Å². The van der Waals surface area contributed by atoms with E-state index in [1.807, 2.05) is 32.2 Å². The average Bonchev–Trinajstić information content (AvgIpc) is 3.16. The van der Waals surface area contributed by atoms with Crippen molar-refractivity contribution in [2.24, 2.45) is 7.05 Å². The molecule has 0 amide bonds. The quantitative estimate of drug-likeness (QED) is 0.369. The van der Waals surface area contributed by atoms with Gasteiger partial charge >= 0.3 is 5.97 Å². The molecule has 0 spiro atoms. The molecular formula is C30H34N4O3. The number of rotatable bonds is 7. The highest BCUT2D eigenvalue weighted by Gasteiger charge is 2.25. The molecule has 37 heavy (non-hydrogen) atoms. The number of benzene rings is 3. The fourth-order valence-electron chi connectivity index (χ4n) is 5.42. The van der Waals surface area contributed by atoms with Gasteiger partial charge in [0.1, 0.15) is 17.4 Å². The van der Waals surface area contributed by atoms with Crippen LogP contribution in [0.1, 0.15) is 59.1 Å². The third-order valence-corrected chi connectivity index (χ3v) is 7.58. The Morgan fingerprint density at radius 1 is 1.16 bits per heavy atom. The van der Waals surface area contributed by atoms with E-state index >= 15 is 0 Å². The van der Waals surface area contributed by atoms with Crippen LogP contribution < -0.4 is 4.74 Å². The Hall–Kier alpha value is -3.71. The predicted molar refractivity (Wildman–Crippen MR) is 144 cm³/mol. The summed E-state index contributed by atoms with van der Waals surface area (Å²) in [6.07, 6.45) is 1.08. The van der Waals surface area contributed by atoms with Crippen molar-refractivity contribution in [2.45, 2.75) is 58.7 Å². The number of ether oxygens (including phenoxy) is 1. The highest BCUT2D eigenvalue weighted by atomic mass is 16.5. The summed E-state index contributed by atoms with van der Waals surface area (Å²) in [6.45, 7) is 8.73. The monoisotopic (exact) mass is 498 g/mol. The Morgan fingerprint density at radius 2 is 1.97 bits per heavy atom. The number of aryl methyl sites for hydroxylation is 3. The van der Waals surface area contributed by atoms with Crippen molar-refractivity contribution in [1.82, 2.24) is 19.9 Å². The third kappa shape index (κ3) is 5.09. The van der Waals surface area contributed by atoms with Crippen molar-refractivity contribution >= 4 is 17.0 Å². The van der Waals surface area contributed by atoms with E-state index in [9.17, 15) is 9.90 Å². The highest BCUT2D eigenvalue weighted by Crippen LogP contribution is 2.35. The number of carboxylic acids is 1. The fraction of sp³-hybridized carbons (Fsp3) is 0.367. The van der Waals surface area contributed by atoms with Gasteiger partial charge in [-0.15, -0.1) is 5.10 Å². The van der Waals surface area contributed by atoms with Gasteiger partial charge in [-0.25, -0.2) is 4.68 Å². The van der Waals surface area contributed by atoms with Gasteiger partial charge in [0.2, 0.25) is 0 Å². The normalized spacial score (nSPS) is 16.7. The summed E-state index contributed by atoms with van der Waals surface area (Å²) in [5.41, 5.74) is 8.33. The van der Waals surface area contributed by atoms with E-state index in [-0.39, 0.29) is 18.4 Å². The standard InChI is InChI=1S/C30H34N4O3/c1-5-24-18-34(16-22-8-6-7-9-28(22)37-24)17-23-14-21(11-10-19(23)2)26(15-29(35)36)25-12-13-27-30(20(25)3)31-32-33(27)4/h6-14,24,26H,5,15-18H2,1-4H3,(H,35,36)/t24-,26?/m1/s1. The molecule has 3 aromatic carbocycles. The predicted octanol–water partition coefficient (Wildman–Crippen LogP) is 5.36. The molecule has 0 saturated heterocycles. The summed E-state index contributed by atoms with van der Waals surface area (Å²) in [5.74, 6) is -0.128. The molecule has 2 atom stereocenters. The number of para-hydroxylation sites is 1. The summed E-state index contributed by atoms with van der Waals surface area (Å²) in [5, 5.41) is 18.3. The molecule has 1 unspecified atom stereocenters. The SMILES string of the molecule is CC[C@@H]1CN(Cc2cc(C(CC(=O)O)c3ccc4c(nnn4C)c3C)ccc2C)Cc2ccccc2O1. The maximum atomic E-state index is 12.0. The second-order valence-corrected chi connectivity index (χ2v) is 10.1. The number of carboxylic acid groups (broad SMARTS) is 1. The highest BCUT2D eigenvalue weighted by molar-refractivity contribution is 5.80. The molecular weight excluding hydrogens is 464 g/mol. The van der Waals surface area contributed by atoms with Gasteiger partial charge in [0.05, 0.1) is 11.9 Å². The minimum absolute atomic E-state index is 0.0119. The van der Waals surface area contributed by atoms with E-state index in [0.29, 0.717) is 0 Å². The van der Waals surface area contributed by atoms with Gasteiger partial charge in [-0.1, -0.05) is 54.6 Å². The summed E-state index contributed by atoms with van der Waals surface area (Å²) in [6, 6.07) is 18.7. The van der Waals surface area contributed by atoms with Gasteiger partial charge in [0, 0.05) is 38.2 Å². The van der Waals surface area contributed by atoms with Crippen molar-refractivity contribution in [3.8, 4) is 5.75 Å². The van der Waals surface area contributed by atoms with Gasteiger partial charge in [-0.3, -0.25) is 9.69 Å². The second-order valence-electron chi connectivity index (χ2n) is 10.1. The minimum atomic E-state index is -0.821. The number of aliphatic carboxylic acids is 1. The van der Waals surface area contributed by atoms with Crippen LogP contribution in [0.2, 0.25) is 0 Å². The zero-order valence-electron chi connectivity index (χ0n) is 21.9. The van der Waals surface area contributed by atoms with Crippen molar-refractivity contribution in [1.29, 1.82) is 0 Å². The van der Waals surface area contributed by atoms with E-state index in [4.69, 9.17) is 4.74 Å². The zero-order chi connectivity index (χ0) is 26.1. The molecule has 1 aliphatic heterocycles. The van der Waals surface area contributed by atoms with Crippen molar-refractivity contribution in [3.05, 3.63) is 88.0 Å². The molecule has 0 fully saturated rings. The largest absolute Gasteiger partial charge is 0.489 e. The molecule has 1 aliphatic rings. The van der Waals surface area contributed by atoms with Crippen LogP contribution in [0.4, 0.5) is 0 Å². The smallest absolute Gasteiger partial charge is 0.304 e. The zero-order valence-corrected chi connectivity index (χ0v) is 21.9. The maximum absolute atomic E-state index is 12.0. The molecule has 5 rings (SSSR count). The van der Waals surface area contributed by atoms with E-state index in [1.165, 1.54) is 16.7 Å². The molecule has 0 aliphatic carbocycles. The number of nitrogens with zero attached hydrogens (tertiary/aromatic N) is 4. The minimum Gasteiger partial charge on any atom is -0.489 e. The first-order valence-electron chi connectivity index (χ1n) is 12.9. The van der Waals surface area contributed by atoms with Crippen LogP contribution in [-0.2, 0) is 24.9 Å². The molecule has 192 valence electrons. The molecule has 0 saturated carbocycles. The molecule has 0 bridgehead atoms. The maximum Gasteiger partial charge on any atom is 0.304 e. The number of fused-ring (bicyclic) bond motifs is 2. The Balaban J connectivity index is 1.50. The molecule has 0 radical (unpaired) electrons. The Morgan fingerprint density at radius 3 is 2.76 bits per heavy atom. The number of carbonyl (C=O) groups is 1. The summed E-state index contributed by atoms with van der Waals surface area (Å²) in [7, 11) is 1.87. The van der Waals surface area contributed by atoms with Crippen LogP contribution in [0.15, 0.2) is 54.6 Å². The molecule has 7 nitrogen and oxygen atoms in total. The van der Waals surface area contributed by atoms with Crippen LogP contribution in [0.25, 0.3) is 11.0 Å². The lowest BCUT2D eigenvalue weighted by Crippen LogP contribution is -2.32. The summed E-state index contributed by atoms with van der Waals surface area (Å²) >= 11 is 0. The Kier molecular flexibility index (Phi) is 6.98. The Labute approximate surface area is 217 Å². The first kappa shape index (κ1) is 25.0. The van der Waals surface area contributed by atoms with E-state index in [1.54, 1.807) is 4.68 Å². The van der Waals surface area contributed by atoms with Gasteiger partial charge in [-0.05, 0) is 60.2 Å². The van der Waals surface area contributed by atoms with Crippen LogP contribution in [0.5, 0.6) is 5.75 Å². The molecule has 2 heterocycles. The van der Waals surface area contributed by atoms with Gasteiger partial charge in [-0.2, -0.15) is 0 Å². The van der Waals surface area contributed by atoms with E-state index in [0.717, 1.165) is 59.5 Å². The lowest BCUT2D eigenvalue weighted by atomic mass is 9.84. The Bertz CT molecular complexity index is 1440. The lowest BCUT2D eigenvalue weighted by molar-refractivity contribution is -0.137. The molecule has 1 N–H and O–H groups in total. The van der Waals surface area contributed by atoms with Gasteiger partial charge in [0.15, 0.2) is 0 Å². The average molecular weight is 499 g/mol.